The lowest BCUT2D eigenvalue weighted by Gasteiger charge is -2.08. The van der Waals surface area contributed by atoms with Crippen LogP contribution in [0.2, 0.25) is 0 Å². The van der Waals surface area contributed by atoms with E-state index in [0.717, 1.165) is 22.2 Å². The summed E-state index contributed by atoms with van der Waals surface area (Å²) in [5.41, 5.74) is 17.0. The first-order valence-corrected chi connectivity index (χ1v) is 7.67. The summed E-state index contributed by atoms with van der Waals surface area (Å²) in [4.78, 5) is 9.08. The molecule has 4 N–H and O–H groups in total. The van der Waals surface area contributed by atoms with Crippen LogP contribution in [0.1, 0.15) is 0 Å². The molecule has 0 aliphatic heterocycles. The predicted octanol–water partition coefficient (Wildman–Crippen LogP) is 3.47. The van der Waals surface area contributed by atoms with Crippen LogP contribution in [-0.2, 0) is 7.05 Å². The quantitative estimate of drug-likeness (QED) is 0.555. The van der Waals surface area contributed by atoms with Gasteiger partial charge < -0.3 is 16.0 Å². The van der Waals surface area contributed by atoms with Crippen LogP contribution in [0.5, 0.6) is 0 Å². The summed E-state index contributed by atoms with van der Waals surface area (Å²) < 4.78 is 2.09. The van der Waals surface area contributed by atoms with Crippen molar-refractivity contribution in [3.63, 3.8) is 0 Å². The minimum Gasteiger partial charge on any atom is -0.398 e. The predicted molar refractivity (Wildman–Crippen MR) is 98.2 cm³/mol. The van der Waals surface area contributed by atoms with E-state index in [1.165, 1.54) is 0 Å². The van der Waals surface area contributed by atoms with Gasteiger partial charge in [0, 0.05) is 47.3 Å². The molecule has 118 valence electrons. The number of benzene rings is 2. The van der Waals surface area contributed by atoms with Gasteiger partial charge in [-0.2, -0.15) is 0 Å². The summed E-state index contributed by atoms with van der Waals surface area (Å²) in [5.74, 6) is 0.538. The minimum atomic E-state index is 0.538. The maximum Gasteiger partial charge on any atom is 0.163 e. The molecule has 0 amide bonds. The van der Waals surface area contributed by atoms with Gasteiger partial charge in [-0.15, -0.1) is 0 Å². The summed E-state index contributed by atoms with van der Waals surface area (Å²) >= 11 is 0. The molecule has 0 aliphatic carbocycles. The molecular formula is C19H17N5. The van der Waals surface area contributed by atoms with Crippen molar-refractivity contribution in [1.82, 2.24) is 14.5 Å². The molecule has 5 heteroatoms. The van der Waals surface area contributed by atoms with Crippen LogP contribution in [0.25, 0.3) is 33.5 Å². The Morgan fingerprint density at radius 1 is 0.917 bits per heavy atom. The van der Waals surface area contributed by atoms with E-state index >= 15 is 0 Å². The van der Waals surface area contributed by atoms with E-state index in [9.17, 15) is 0 Å². The van der Waals surface area contributed by atoms with Gasteiger partial charge in [0.1, 0.15) is 0 Å². The molecule has 0 atom stereocenters. The van der Waals surface area contributed by atoms with Gasteiger partial charge in [0.15, 0.2) is 5.82 Å². The molecule has 24 heavy (non-hydrogen) atoms. The lowest BCUT2D eigenvalue weighted by atomic mass is 10.1. The van der Waals surface area contributed by atoms with Gasteiger partial charge in [-0.25, -0.2) is 9.97 Å². The van der Waals surface area contributed by atoms with Gasteiger partial charge in [0.05, 0.1) is 11.3 Å². The van der Waals surface area contributed by atoms with Crippen molar-refractivity contribution in [2.75, 3.05) is 11.5 Å². The fourth-order valence-electron chi connectivity index (χ4n) is 3.02. The Bertz CT molecular complexity index is 1030. The molecule has 0 bridgehead atoms. The highest BCUT2D eigenvalue weighted by molar-refractivity contribution is 5.95. The van der Waals surface area contributed by atoms with Crippen molar-refractivity contribution in [2.45, 2.75) is 0 Å². The molecule has 4 aromatic rings. The standard InChI is InChI=1S/C19H17N5/c1-24-11-13(12-5-2-3-8-17(12)24)16-9-10-22-19(23-16)18-14(20)6-4-7-15(18)21/h2-11H,20-21H2,1H3. The number of fused-ring (bicyclic) bond motifs is 1. The van der Waals surface area contributed by atoms with E-state index in [1.807, 2.05) is 31.3 Å². The first-order chi connectivity index (χ1) is 11.6. The van der Waals surface area contributed by atoms with Gasteiger partial charge in [0.25, 0.3) is 0 Å². The number of para-hydroxylation sites is 1. The number of nitrogens with two attached hydrogens (primary N) is 2. The van der Waals surface area contributed by atoms with Gasteiger partial charge in [0.2, 0.25) is 0 Å². The molecule has 4 rings (SSSR count). The van der Waals surface area contributed by atoms with Gasteiger partial charge in [-0.05, 0) is 24.3 Å². The minimum absolute atomic E-state index is 0.538. The van der Waals surface area contributed by atoms with Crippen LogP contribution in [0.15, 0.2) is 60.9 Å². The van der Waals surface area contributed by atoms with Crippen molar-refractivity contribution in [2.24, 2.45) is 7.05 Å². The highest BCUT2D eigenvalue weighted by Gasteiger charge is 2.13. The summed E-state index contributed by atoms with van der Waals surface area (Å²) in [5, 5.41) is 1.15. The lowest BCUT2D eigenvalue weighted by molar-refractivity contribution is 0.969. The summed E-state index contributed by atoms with van der Waals surface area (Å²) in [6.07, 6.45) is 3.82. The smallest absolute Gasteiger partial charge is 0.163 e. The maximum atomic E-state index is 6.07. The first-order valence-electron chi connectivity index (χ1n) is 7.67. The molecule has 5 nitrogen and oxygen atoms in total. The van der Waals surface area contributed by atoms with Gasteiger partial charge in [-0.3, -0.25) is 0 Å². The van der Waals surface area contributed by atoms with Crippen LogP contribution in [-0.4, -0.2) is 14.5 Å². The number of hydrogen-bond donors (Lipinski definition) is 2. The van der Waals surface area contributed by atoms with Crippen molar-refractivity contribution in [1.29, 1.82) is 0 Å². The van der Waals surface area contributed by atoms with Crippen LogP contribution >= 0.6 is 0 Å². The number of nitrogens with zero attached hydrogens (tertiary/aromatic N) is 3. The number of aryl methyl sites for hydroxylation is 1. The van der Waals surface area contributed by atoms with E-state index in [-0.39, 0.29) is 0 Å². The highest BCUT2D eigenvalue weighted by Crippen LogP contribution is 2.32. The Labute approximate surface area is 139 Å². The Hall–Kier alpha value is -3.34. The van der Waals surface area contributed by atoms with E-state index in [2.05, 4.69) is 27.9 Å². The molecule has 0 radical (unpaired) electrons. The Morgan fingerprint density at radius 2 is 1.67 bits per heavy atom. The normalized spacial score (nSPS) is 11.0. The zero-order chi connectivity index (χ0) is 16.7. The third kappa shape index (κ3) is 2.18. The van der Waals surface area contributed by atoms with Gasteiger partial charge >= 0.3 is 0 Å². The van der Waals surface area contributed by atoms with Crippen LogP contribution in [0, 0.1) is 0 Å². The van der Waals surface area contributed by atoms with E-state index < -0.39 is 0 Å². The Balaban J connectivity index is 1.92. The summed E-state index contributed by atoms with van der Waals surface area (Å²) in [7, 11) is 2.03. The number of aromatic nitrogens is 3. The average Bonchev–Trinajstić information content (AvgIpc) is 2.93. The van der Waals surface area contributed by atoms with E-state index in [4.69, 9.17) is 16.5 Å². The second-order valence-electron chi connectivity index (χ2n) is 5.75. The number of anilines is 2. The molecule has 0 saturated heterocycles. The fraction of sp³-hybridized carbons (Fsp3) is 0.0526. The second kappa shape index (κ2) is 5.38. The number of nitrogen functional groups attached to an aromatic ring is 2. The van der Waals surface area contributed by atoms with Crippen molar-refractivity contribution >= 4 is 22.3 Å². The molecule has 0 spiro atoms. The van der Waals surface area contributed by atoms with E-state index in [1.54, 1.807) is 18.3 Å². The lowest BCUT2D eigenvalue weighted by Crippen LogP contribution is -2.00. The SMILES string of the molecule is Cn1cc(-c2ccnc(-c3c(N)cccc3N)n2)c2ccccc21. The van der Waals surface area contributed by atoms with E-state index in [0.29, 0.717) is 22.8 Å². The Kier molecular flexibility index (Phi) is 3.20. The molecule has 0 aliphatic rings. The molecular weight excluding hydrogens is 298 g/mol. The summed E-state index contributed by atoms with van der Waals surface area (Å²) in [6.45, 7) is 0. The molecule has 0 saturated carbocycles. The second-order valence-corrected chi connectivity index (χ2v) is 5.75. The molecule has 2 aromatic carbocycles. The molecule has 2 aromatic heterocycles. The zero-order valence-electron chi connectivity index (χ0n) is 13.3. The summed E-state index contributed by atoms with van der Waals surface area (Å²) in [6, 6.07) is 15.6. The molecule has 2 heterocycles. The fourth-order valence-corrected chi connectivity index (χ4v) is 3.02. The molecule has 0 fully saturated rings. The zero-order valence-corrected chi connectivity index (χ0v) is 13.3. The first kappa shape index (κ1) is 14.3. The van der Waals surface area contributed by atoms with Crippen molar-refractivity contribution < 1.29 is 0 Å². The third-order valence-corrected chi connectivity index (χ3v) is 4.18. The number of rotatable bonds is 2. The highest BCUT2D eigenvalue weighted by atomic mass is 14.9. The third-order valence-electron chi connectivity index (χ3n) is 4.18. The van der Waals surface area contributed by atoms with Crippen LogP contribution in [0.4, 0.5) is 11.4 Å². The maximum absolute atomic E-state index is 6.07. The van der Waals surface area contributed by atoms with Crippen LogP contribution < -0.4 is 11.5 Å². The van der Waals surface area contributed by atoms with Gasteiger partial charge in [-0.1, -0.05) is 24.3 Å². The largest absolute Gasteiger partial charge is 0.398 e. The van der Waals surface area contributed by atoms with Crippen molar-refractivity contribution in [3.8, 4) is 22.6 Å². The van der Waals surface area contributed by atoms with Crippen molar-refractivity contribution in [3.05, 3.63) is 60.9 Å². The monoisotopic (exact) mass is 315 g/mol. The Morgan fingerprint density at radius 3 is 2.46 bits per heavy atom. The average molecular weight is 315 g/mol. The number of hydrogen-bond acceptors (Lipinski definition) is 4. The van der Waals surface area contributed by atoms with Crippen LogP contribution in [0.3, 0.4) is 0 Å². The topological polar surface area (TPSA) is 82.8 Å². The molecule has 0 unspecified atom stereocenters.